The van der Waals surface area contributed by atoms with E-state index in [9.17, 15) is 13.6 Å². The molecular formula is C14H17F2NO2. The summed E-state index contributed by atoms with van der Waals surface area (Å²) in [7, 11) is 0. The van der Waals surface area contributed by atoms with Gasteiger partial charge in [0.2, 0.25) is 5.91 Å². The van der Waals surface area contributed by atoms with Gasteiger partial charge in [-0.05, 0) is 31.0 Å². The quantitative estimate of drug-likeness (QED) is 0.805. The highest BCUT2D eigenvalue weighted by Gasteiger charge is 2.05. The number of nitrogens with one attached hydrogen (secondary N) is 1. The van der Waals surface area contributed by atoms with Crippen LogP contribution >= 0.6 is 0 Å². The molecule has 0 spiro atoms. The number of amides is 1. The molecule has 1 aromatic rings. The second-order valence-corrected chi connectivity index (χ2v) is 4.00. The number of benzene rings is 1. The van der Waals surface area contributed by atoms with Gasteiger partial charge in [-0.3, -0.25) is 4.79 Å². The van der Waals surface area contributed by atoms with Crippen LogP contribution in [0, 0.1) is 0 Å². The summed E-state index contributed by atoms with van der Waals surface area (Å²) < 4.78 is 28.1. The number of allylic oxidation sites excluding steroid dienone is 1. The van der Waals surface area contributed by atoms with Crippen LogP contribution in [-0.4, -0.2) is 12.5 Å². The summed E-state index contributed by atoms with van der Waals surface area (Å²) >= 11 is 0. The smallest absolute Gasteiger partial charge is 0.387 e. The average Bonchev–Trinajstić information content (AvgIpc) is 2.37. The van der Waals surface area contributed by atoms with Crippen molar-refractivity contribution in [3.63, 3.8) is 0 Å². The molecule has 1 aromatic carbocycles. The second-order valence-electron chi connectivity index (χ2n) is 4.00. The minimum atomic E-state index is -2.83. The third-order valence-corrected chi connectivity index (χ3v) is 2.47. The van der Waals surface area contributed by atoms with Crippen molar-refractivity contribution in [2.45, 2.75) is 33.4 Å². The van der Waals surface area contributed by atoms with E-state index >= 15 is 0 Å². The molecule has 1 rings (SSSR count). The Kier molecular flexibility index (Phi) is 5.99. The number of rotatable bonds is 6. The lowest BCUT2D eigenvalue weighted by Gasteiger charge is -2.07. The van der Waals surface area contributed by atoms with Crippen LogP contribution in [0.15, 0.2) is 35.9 Å². The zero-order valence-corrected chi connectivity index (χ0v) is 11.0. The maximum Gasteiger partial charge on any atom is 0.387 e. The van der Waals surface area contributed by atoms with E-state index in [4.69, 9.17) is 0 Å². The van der Waals surface area contributed by atoms with Crippen molar-refractivity contribution in [2.24, 2.45) is 0 Å². The standard InChI is InChI=1S/C14H17F2NO2/c1-3-4-10(2)13(18)17-9-11-5-7-12(8-6-11)19-14(15)16/h4-8,14H,3,9H2,1-2H3,(H,17,18)/b10-4+. The number of carbonyl (C=O) groups is 1. The SMILES string of the molecule is CC/C=C(\C)C(=O)NCc1ccc(OC(F)F)cc1. The molecule has 5 heteroatoms. The maximum absolute atomic E-state index is 12.0. The van der Waals surface area contributed by atoms with Crippen LogP contribution in [0.2, 0.25) is 0 Å². The fourth-order valence-corrected chi connectivity index (χ4v) is 1.51. The van der Waals surface area contributed by atoms with Crippen LogP contribution in [-0.2, 0) is 11.3 Å². The lowest BCUT2D eigenvalue weighted by molar-refractivity contribution is -0.117. The molecule has 0 saturated carbocycles. The van der Waals surface area contributed by atoms with Crippen LogP contribution < -0.4 is 10.1 Å². The van der Waals surface area contributed by atoms with Gasteiger partial charge < -0.3 is 10.1 Å². The van der Waals surface area contributed by atoms with Gasteiger partial charge in [-0.15, -0.1) is 0 Å². The molecular weight excluding hydrogens is 252 g/mol. The van der Waals surface area contributed by atoms with Crippen molar-refractivity contribution in [3.8, 4) is 5.75 Å². The Morgan fingerprint density at radius 2 is 2.00 bits per heavy atom. The zero-order chi connectivity index (χ0) is 14.3. The van der Waals surface area contributed by atoms with E-state index in [-0.39, 0.29) is 11.7 Å². The predicted octanol–water partition coefficient (Wildman–Crippen LogP) is 3.26. The van der Waals surface area contributed by atoms with Gasteiger partial charge in [0, 0.05) is 12.1 Å². The van der Waals surface area contributed by atoms with Gasteiger partial charge in [0.25, 0.3) is 0 Å². The summed E-state index contributed by atoms with van der Waals surface area (Å²) in [4.78, 5) is 11.6. The Hall–Kier alpha value is -1.91. The van der Waals surface area contributed by atoms with Gasteiger partial charge >= 0.3 is 6.61 Å². The Morgan fingerprint density at radius 1 is 1.37 bits per heavy atom. The Bertz CT molecular complexity index is 441. The molecule has 19 heavy (non-hydrogen) atoms. The second kappa shape index (κ2) is 7.51. The van der Waals surface area contributed by atoms with E-state index in [1.165, 1.54) is 12.1 Å². The highest BCUT2D eigenvalue weighted by Crippen LogP contribution is 2.14. The van der Waals surface area contributed by atoms with Gasteiger partial charge in [-0.2, -0.15) is 8.78 Å². The number of hydrogen-bond donors (Lipinski definition) is 1. The molecule has 0 aliphatic heterocycles. The zero-order valence-electron chi connectivity index (χ0n) is 11.0. The summed E-state index contributed by atoms with van der Waals surface area (Å²) in [5.74, 6) is -0.0260. The number of carbonyl (C=O) groups excluding carboxylic acids is 1. The first-order valence-electron chi connectivity index (χ1n) is 6.01. The van der Waals surface area contributed by atoms with Crippen LogP contribution in [0.1, 0.15) is 25.8 Å². The summed E-state index contributed by atoms with van der Waals surface area (Å²) in [5.41, 5.74) is 1.49. The lowest BCUT2D eigenvalue weighted by atomic mass is 10.2. The lowest BCUT2D eigenvalue weighted by Crippen LogP contribution is -2.23. The fourth-order valence-electron chi connectivity index (χ4n) is 1.51. The minimum Gasteiger partial charge on any atom is -0.435 e. The molecule has 0 aromatic heterocycles. The van der Waals surface area contributed by atoms with Gasteiger partial charge in [0.05, 0.1) is 0 Å². The molecule has 0 bridgehead atoms. The van der Waals surface area contributed by atoms with Crippen LogP contribution in [0.25, 0.3) is 0 Å². The molecule has 0 radical (unpaired) electrons. The molecule has 0 atom stereocenters. The Balaban J connectivity index is 2.50. The summed E-state index contributed by atoms with van der Waals surface area (Å²) in [5, 5.41) is 2.75. The summed E-state index contributed by atoms with van der Waals surface area (Å²) in [6.45, 7) is 1.23. The number of ether oxygens (including phenoxy) is 1. The first-order chi connectivity index (χ1) is 9.02. The molecule has 104 valence electrons. The molecule has 1 N–H and O–H groups in total. The number of halogens is 2. The van der Waals surface area contributed by atoms with Crippen LogP contribution in [0.5, 0.6) is 5.75 Å². The van der Waals surface area contributed by atoms with Gasteiger partial charge in [0.1, 0.15) is 5.75 Å². The number of hydrogen-bond acceptors (Lipinski definition) is 2. The predicted molar refractivity (Wildman–Crippen MR) is 69.0 cm³/mol. The normalized spacial score (nSPS) is 11.5. The monoisotopic (exact) mass is 269 g/mol. The third kappa shape index (κ3) is 5.50. The van der Waals surface area contributed by atoms with Crippen molar-refractivity contribution in [2.75, 3.05) is 0 Å². The topological polar surface area (TPSA) is 38.3 Å². The van der Waals surface area contributed by atoms with Crippen molar-refractivity contribution in [1.82, 2.24) is 5.32 Å². The summed E-state index contributed by atoms with van der Waals surface area (Å²) in [6.07, 6.45) is 2.65. The van der Waals surface area contributed by atoms with Crippen molar-refractivity contribution >= 4 is 5.91 Å². The molecule has 0 heterocycles. The highest BCUT2D eigenvalue weighted by atomic mass is 19.3. The van der Waals surface area contributed by atoms with Gasteiger partial charge in [-0.1, -0.05) is 25.1 Å². The van der Waals surface area contributed by atoms with Crippen molar-refractivity contribution < 1.29 is 18.3 Å². The van der Waals surface area contributed by atoms with Crippen molar-refractivity contribution in [1.29, 1.82) is 0 Å². The van der Waals surface area contributed by atoms with E-state index < -0.39 is 6.61 Å². The van der Waals surface area contributed by atoms with Gasteiger partial charge in [-0.25, -0.2) is 0 Å². The molecule has 1 amide bonds. The van der Waals surface area contributed by atoms with Crippen molar-refractivity contribution in [3.05, 3.63) is 41.5 Å². The fraction of sp³-hybridized carbons (Fsp3) is 0.357. The first-order valence-corrected chi connectivity index (χ1v) is 6.01. The largest absolute Gasteiger partial charge is 0.435 e. The van der Waals surface area contributed by atoms with E-state index in [2.05, 4.69) is 10.1 Å². The molecule has 0 unspecified atom stereocenters. The van der Waals surface area contributed by atoms with E-state index in [0.717, 1.165) is 12.0 Å². The molecule has 0 saturated heterocycles. The summed E-state index contributed by atoms with van der Waals surface area (Å²) in [6, 6.07) is 6.17. The molecule has 0 aliphatic carbocycles. The van der Waals surface area contributed by atoms with E-state index in [0.29, 0.717) is 12.1 Å². The molecule has 3 nitrogen and oxygen atoms in total. The van der Waals surface area contributed by atoms with Crippen LogP contribution in [0.3, 0.4) is 0 Å². The maximum atomic E-state index is 12.0. The Morgan fingerprint density at radius 3 is 2.53 bits per heavy atom. The minimum absolute atomic E-state index is 0.104. The average molecular weight is 269 g/mol. The highest BCUT2D eigenvalue weighted by molar-refractivity contribution is 5.92. The van der Waals surface area contributed by atoms with Gasteiger partial charge in [0.15, 0.2) is 0 Å². The first kappa shape index (κ1) is 15.1. The number of alkyl halides is 2. The third-order valence-electron chi connectivity index (χ3n) is 2.47. The Labute approximate surface area is 111 Å². The van der Waals surface area contributed by atoms with E-state index in [1.807, 2.05) is 13.0 Å². The van der Waals surface area contributed by atoms with E-state index in [1.54, 1.807) is 19.1 Å². The molecule has 0 aliphatic rings. The molecule has 0 fully saturated rings. The van der Waals surface area contributed by atoms with Crippen LogP contribution in [0.4, 0.5) is 8.78 Å².